The lowest BCUT2D eigenvalue weighted by atomic mass is 9.84. The van der Waals surface area contributed by atoms with Crippen molar-refractivity contribution in [1.82, 2.24) is 0 Å². The maximum absolute atomic E-state index is 5.82. The topological polar surface area (TPSA) is 9.23 Å². The standard InChI is InChI=1S/C20H23IO/c1-22-20-17(12-15-8-4-2-5-9-15)13-18(21)14-19(20)16-10-6-3-7-11-16/h3,6-7,10-11,13-15H,2,4-5,8-9,12H2,1H3. The predicted octanol–water partition coefficient (Wildman–Crippen LogP) is 6.09. The summed E-state index contributed by atoms with van der Waals surface area (Å²) in [6.07, 6.45) is 8.09. The fourth-order valence-corrected chi connectivity index (χ4v) is 4.26. The zero-order valence-corrected chi connectivity index (χ0v) is 15.3. The Morgan fingerprint density at radius 1 is 1.05 bits per heavy atom. The molecule has 2 aromatic rings. The molecule has 22 heavy (non-hydrogen) atoms. The van der Waals surface area contributed by atoms with Crippen molar-refractivity contribution in [2.45, 2.75) is 38.5 Å². The first-order chi connectivity index (χ1) is 10.8. The maximum atomic E-state index is 5.82. The summed E-state index contributed by atoms with van der Waals surface area (Å²) in [5.74, 6) is 1.89. The third-order valence-electron chi connectivity index (χ3n) is 4.65. The van der Waals surface area contributed by atoms with Gasteiger partial charge in [0.2, 0.25) is 0 Å². The molecule has 1 saturated carbocycles. The average molecular weight is 406 g/mol. The van der Waals surface area contributed by atoms with Crippen LogP contribution in [0.1, 0.15) is 37.7 Å². The van der Waals surface area contributed by atoms with Crippen molar-refractivity contribution in [2.75, 3.05) is 7.11 Å². The molecule has 0 N–H and O–H groups in total. The highest BCUT2D eigenvalue weighted by atomic mass is 127. The molecular formula is C20H23IO. The third kappa shape index (κ3) is 3.65. The fourth-order valence-electron chi connectivity index (χ4n) is 3.58. The SMILES string of the molecule is COc1c(CC2CCCCC2)cc(I)cc1-c1ccccc1. The molecule has 0 bridgehead atoms. The molecule has 2 heteroatoms. The number of benzene rings is 2. The highest BCUT2D eigenvalue weighted by molar-refractivity contribution is 14.1. The van der Waals surface area contributed by atoms with E-state index in [1.807, 2.05) is 0 Å². The molecule has 0 spiro atoms. The summed E-state index contributed by atoms with van der Waals surface area (Å²) in [5.41, 5.74) is 3.84. The van der Waals surface area contributed by atoms with Gasteiger partial charge in [-0.15, -0.1) is 0 Å². The summed E-state index contributed by atoms with van der Waals surface area (Å²) in [6, 6.07) is 15.1. The van der Waals surface area contributed by atoms with Crippen LogP contribution in [-0.4, -0.2) is 7.11 Å². The van der Waals surface area contributed by atoms with Gasteiger partial charge in [0.15, 0.2) is 0 Å². The number of methoxy groups -OCH3 is 1. The second-order valence-corrected chi connectivity index (χ2v) is 7.47. The molecule has 0 amide bonds. The van der Waals surface area contributed by atoms with Gasteiger partial charge in [-0.3, -0.25) is 0 Å². The first-order valence-corrected chi connectivity index (χ1v) is 9.27. The van der Waals surface area contributed by atoms with Crippen LogP contribution in [0.4, 0.5) is 0 Å². The lowest BCUT2D eigenvalue weighted by Gasteiger charge is -2.23. The second kappa shape index (κ2) is 7.49. The Morgan fingerprint density at radius 3 is 2.45 bits per heavy atom. The van der Waals surface area contributed by atoms with Crippen molar-refractivity contribution in [3.63, 3.8) is 0 Å². The smallest absolute Gasteiger partial charge is 0.129 e. The van der Waals surface area contributed by atoms with Crippen molar-refractivity contribution in [3.05, 3.63) is 51.6 Å². The van der Waals surface area contributed by atoms with Crippen molar-refractivity contribution >= 4 is 22.6 Å². The van der Waals surface area contributed by atoms with Crippen LogP contribution in [0.25, 0.3) is 11.1 Å². The minimum Gasteiger partial charge on any atom is -0.496 e. The molecule has 116 valence electrons. The van der Waals surface area contributed by atoms with Crippen LogP contribution in [0.2, 0.25) is 0 Å². The summed E-state index contributed by atoms with van der Waals surface area (Å²) < 4.78 is 7.12. The van der Waals surface area contributed by atoms with Gasteiger partial charge in [0, 0.05) is 9.13 Å². The molecule has 3 rings (SSSR count). The normalized spacial score (nSPS) is 15.7. The van der Waals surface area contributed by atoms with Crippen molar-refractivity contribution in [1.29, 1.82) is 0 Å². The van der Waals surface area contributed by atoms with E-state index in [0.29, 0.717) is 0 Å². The molecule has 1 nitrogen and oxygen atoms in total. The van der Waals surface area contributed by atoms with Crippen LogP contribution >= 0.6 is 22.6 Å². The van der Waals surface area contributed by atoms with Gasteiger partial charge in [0.1, 0.15) is 5.75 Å². The predicted molar refractivity (Wildman–Crippen MR) is 101 cm³/mol. The van der Waals surface area contributed by atoms with Gasteiger partial charge >= 0.3 is 0 Å². The van der Waals surface area contributed by atoms with Crippen LogP contribution in [0, 0.1) is 9.49 Å². The van der Waals surface area contributed by atoms with E-state index in [2.05, 4.69) is 65.1 Å². The molecule has 0 radical (unpaired) electrons. The van der Waals surface area contributed by atoms with Crippen LogP contribution in [-0.2, 0) is 6.42 Å². The van der Waals surface area contributed by atoms with E-state index in [0.717, 1.165) is 18.1 Å². The quantitative estimate of drug-likeness (QED) is 0.559. The van der Waals surface area contributed by atoms with E-state index >= 15 is 0 Å². The Kier molecular flexibility index (Phi) is 5.40. The van der Waals surface area contributed by atoms with Crippen LogP contribution in [0.3, 0.4) is 0 Å². The van der Waals surface area contributed by atoms with E-state index < -0.39 is 0 Å². The third-order valence-corrected chi connectivity index (χ3v) is 5.28. The lowest BCUT2D eigenvalue weighted by molar-refractivity contribution is 0.348. The Morgan fingerprint density at radius 2 is 1.77 bits per heavy atom. The molecule has 0 saturated heterocycles. The van der Waals surface area contributed by atoms with E-state index in [1.165, 1.54) is 52.4 Å². The molecule has 1 aliphatic rings. The number of halogens is 1. The highest BCUT2D eigenvalue weighted by Crippen LogP contribution is 2.38. The average Bonchev–Trinajstić information content (AvgIpc) is 2.56. The van der Waals surface area contributed by atoms with Gasteiger partial charge in [0.25, 0.3) is 0 Å². The number of rotatable bonds is 4. The number of hydrogen-bond donors (Lipinski definition) is 0. The van der Waals surface area contributed by atoms with E-state index in [-0.39, 0.29) is 0 Å². The van der Waals surface area contributed by atoms with Gasteiger partial charge in [-0.05, 0) is 58.2 Å². The van der Waals surface area contributed by atoms with E-state index in [9.17, 15) is 0 Å². The van der Waals surface area contributed by atoms with Crippen molar-refractivity contribution in [2.24, 2.45) is 5.92 Å². The van der Waals surface area contributed by atoms with Crippen molar-refractivity contribution < 1.29 is 4.74 Å². The van der Waals surface area contributed by atoms with E-state index in [1.54, 1.807) is 7.11 Å². The highest BCUT2D eigenvalue weighted by Gasteiger charge is 2.19. The fraction of sp³-hybridized carbons (Fsp3) is 0.400. The second-order valence-electron chi connectivity index (χ2n) is 6.22. The van der Waals surface area contributed by atoms with Gasteiger partial charge in [-0.2, -0.15) is 0 Å². The Balaban J connectivity index is 1.97. The van der Waals surface area contributed by atoms with Gasteiger partial charge in [-0.25, -0.2) is 0 Å². The minimum atomic E-state index is 0.824. The monoisotopic (exact) mass is 406 g/mol. The first kappa shape index (κ1) is 15.9. The summed E-state index contributed by atoms with van der Waals surface area (Å²) in [6.45, 7) is 0. The molecule has 0 atom stereocenters. The molecule has 0 aromatic heterocycles. The zero-order valence-electron chi connectivity index (χ0n) is 13.1. The largest absolute Gasteiger partial charge is 0.496 e. The van der Waals surface area contributed by atoms with Crippen molar-refractivity contribution in [3.8, 4) is 16.9 Å². The molecule has 0 heterocycles. The number of ether oxygens (including phenoxy) is 1. The van der Waals surface area contributed by atoms with Gasteiger partial charge in [-0.1, -0.05) is 62.4 Å². The van der Waals surface area contributed by atoms with Gasteiger partial charge < -0.3 is 4.74 Å². The molecule has 1 aliphatic carbocycles. The summed E-state index contributed by atoms with van der Waals surface area (Å²) in [5, 5.41) is 0. The van der Waals surface area contributed by atoms with Gasteiger partial charge in [0.05, 0.1) is 7.11 Å². The summed E-state index contributed by atoms with van der Waals surface area (Å²) >= 11 is 2.43. The Bertz CT molecular complexity index is 615. The minimum absolute atomic E-state index is 0.824. The molecule has 1 fully saturated rings. The Hall–Kier alpha value is -1.03. The molecule has 0 unspecified atom stereocenters. The molecule has 2 aromatic carbocycles. The molecule has 0 aliphatic heterocycles. The number of hydrogen-bond acceptors (Lipinski definition) is 1. The summed E-state index contributed by atoms with van der Waals surface area (Å²) in [7, 11) is 1.80. The zero-order chi connectivity index (χ0) is 15.4. The maximum Gasteiger partial charge on any atom is 0.129 e. The molecular weight excluding hydrogens is 383 g/mol. The first-order valence-electron chi connectivity index (χ1n) is 8.20. The Labute approximate surface area is 147 Å². The van der Waals surface area contributed by atoms with E-state index in [4.69, 9.17) is 4.74 Å². The lowest BCUT2D eigenvalue weighted by Crippen LogP contribution is -2.10. The van der Waals surface area contributed by atoms with Crippen LogP contribution in [0.5, 0.6) is 5.75 Å². The van der Waals surface area contributed by atoms with Crippen LogP contribution in [0.15, 0.2) is 42.5 Å². The summed E-state index contributed by atoms with van der Waals surface area (Å²) in [4.78, 5) is 0. The van der Waals surface area contributed by atoms with Crippen LogP contribution < -0.4 is 4.74 Å².